The zero-order chi connectivity index (χ0) is 22.7. The van der Waals surface area contributed by atoms with Crippen LogP contribution in [0.2, 0.25) is 0 Å². The first kappa shape index (κ1) is 22.2. The molecule has 0 saturated heterocycles. The first-order chi connectivity index (χ1) is 15.3. The van der Waals surface area contributed by atoms with Crippen molar-refractivity contribution in [2.24, 2.45) is 0 Å². The summed E-state index contributed by atoms with van der Waals surface area (Å²) in [5.74, 6) is 0.683. The Labute approximate surface area is 189 Å². The third kappa shape index (κ3) is 5.26. The van der Waals surface area contributed by atoms with Crippen molar-refractivity contribution < 1.29 is 13.2 Å². The monoisotopic (exact) mass is 452 g/mol. The molecule has 0 radical (unpaired) electrons. The Kier molecular flexibility index (Phi) is 6.43. The van der Waals surface area contributed by atoms with Crippen LogP contribution in [0.5, 0.6) is 5.88 Å². The topological polar surface area (TPSA) is 84.4 Å². The van der Waals surface area contributed by atoms with Crippen molar-refractivity contribution in [3.8, 4) is 17.1 Å². The fraction of sp³-hybridized carbons (Fsp3) is 0.333. The van der Waals surface area contributed by atoms with Gasteiger partial charge in [-0.15, -0.1) is 10.2 Å². The van der Waals surface area contributed by atoms with Gasteiger partial charge in [-0.1, -0.05) is 18.2 Å². The van der Waals surface area contributed by atoms with Crippen LogP contribution in [-0.4, -0.2) is 55.7 Å². The Balaban J connectivity index is 1.54. The molecule has 0 atom stereocenters. The summed E-state index contributed by atoms with van der Waals surface area (Å²) in [5.41, 5.74) is 7.52. The van der Waals surface area contributed by atoms with Crippen LogP contribution >= 0.6 is 0 Å². The summed E-state index contributed by atoms with van der Waals surface area (Å²) in [6.07, 6.45) is 2.17. The van der Waals surface area contributed by atoms with Gasteiger partial charge in [-0.25, -0.2) is 8.42 Å². The minimum atomic E-state index is -2.95. The lowest BCUT2D eigenvalue weighted by molar-refractivity contribution is 0.269. The number of fused-ring (bicyclic) bond motifs is 1. The normalized spacial score (nSPS) is 14.1. The molecular formula is C24H28N4O3S. The van der Waals surface area contributed by atoms with Crippen LogP contribution in [0.3, 0.4) is 0 Å². The standard InChI is InChI=1S/C24H28N4O3S/c1-17-7-8-19(15-21(17)23-9-10-24(31-2)27-26-23)25-22-6-4-5-18-16-28(12-11-20(18)22)13-14-32(3,29)30/h4-10,15,25H,11-14,16H2,1-3H3. The van der Waals surface area contributed by atoms with E-state index in [9.17, 15) is 8.42 Å². The number of hydrogen-bond acceptors (Lipinski definition) is 7. The molecular weight excluding hydrogens is 424 g/mol. The van der Waals surface area contributed by atoms with Crippen molar-refractivity contribution in [1.29, 1.82) is 0 Å². The summed E-state index contributed by atoms with van der Waals surface area (Å²) in [7, 11) is -1.38. The summed E-state index contributed by atoms with van der Waals surface area (Å²) in [6.45, 7) is 4.24. The maximum Gasteiger partial charge on any atom is 0.233 e. The number of anilines is 2. The van der Waals surface area contributed by atoms with Gasteiger partial charge in [-0.3, -0.25) is 4.90 Å². The molecule has 0 aliphatic carbocycles. The highest BCUT2D eigenvalue weighted by Crippen LogP contribution is 2.31. The largest absolute Gasteiger partial charge is 0.480 e. The van der Waals surface area contributed by atoms with Gasteiger partial charge in [0.1, 0.15) is 9.84 Å². The van der Waals surface area contributed by atoms with E-state index in [4.69, 9.17) is 4.74 Å². The van der Waals surface area contributed by atoms with Crippen molar-refractivity contribution in [3.05, 3.63) is 65.2 Å². The molecule has 0 unspecified atom stereocenters. The summed E-state index contributed by atoms with van der Waals surface area (Å²) < 4.78 is 28.1. The third-order valence-electron chi connectivity index (χ3n) is 5.77. The zero-order valence-electron chi connectivity index (χ0n) is 18.6. The molecule has 1 aliphatic rings. The Morgan fingerprint density at radius 2 is 1.97 bits per heavy atom. The predicted molar refractivity (Wildman–Crippen MR) is 127 cm³/mol. The predicted octanol–water partition coefficient (Wildman–Crippen LogP) is 3.61. The summed E-state index contributed by atoms with van der Waals surface area (Å²) in [4.78, 5) is 2.21. The van der Waals surface area contributed by atoms with Crippen LogP contribution in [0.4, 0.5) is 11.4 Å². The Hall–Kier alpha value is -2.97. The number of ether oxygens (including phenoxy) is 1. The van der Waals surface area contributed by atoms with Gasteiger partial charge in [0.2, 0.25) is 5.88 Å². The average molecular weight is 453 g/mol. The minimum Gasteiger partial charge on any atom is -0.480 e. The second kappa shape index (κ2) is 9.26. The molecule has 0 fully saturated rings. The summed E-state index contributed by atoms with van der Waals surface area (Å²) in [5, 5.41) is 12.0. The quantitative estimate of drug-likeness (QED) is 0.586. The smallest absolute Gasteiger partial charge is 0.233 e. The first-order valence-corrected chi connectivity index (χ1v) is 12.6. The van der Waals surface area contributed by atoms with E-state index >= 15 is 0 Å². The van der Waals surface area contributed by atoms with Crippen LogP contribution in [0.1, 0.15) is 16.7 Å². The van der Waals surface area contributed by atoms with Crippen molar-refractivity contribution >= 4 is 21.2 Å². The Bertz CT molecular complexity index is 1210. The fourth-order valence-electron chi connectivity index (χ4n) is 3.97. The number of hydrogen-bond donors (Lipinski definition) is 1. The molecule has 2 aromatic carbocycles. The van der Waals surface area contributed by atoms with Crippen molar-refractivity contribution in [2.45, 2.75) is 19.9 Å². The number of nitrogens with one attached hydrogen (secondary N) is 1. The van der Waals surface area contributed by atoms with Gasteiger partial charge in [0.05, 0.1) is 18.6 Å². The number of sulfone groups is 1. The molecule has 1 N–H and O–H groups in total. The van der Waals surface area contributed by atoms with Crippen molar-refractivity contribution in [3.63, 3.8) is 0 Å². The molecule has 3 aromatic rings. The lowest BCUT2D eigenvalue weighted by atomic mass is 9.97. The molecule has 1 aliphatic heterocycles. The van der Waals surface area contributed by atoms with Gasteiger partial charge in [0, 0.05) is 48.9 Å². The van der Waals surface area contributed by atoms with E-state index in [1.165, 1.54) is 17.4 Å². The molecule has 8 heteroatoms. The number of rotatable bonds is 7. The number of nitrogens with zero attached hydrogens (tertiary/aromatic N) is 3. The van der Waals surface area contributed by atoms with Crippen molar-refractivity contribution in [1.82, 2.24) is 15.1 Å². The van der Waals surface area contributed by atoms with Gasteiger partial charge in [-0.05, 0) is 54.3 Å². The number of methoxy groups -OCH3 is 1. The number of aromatic nitrogens is 2. The van der Waals surface area contributed by atoms with E-state index in [1.54, 1.807) is 7.11 Å². The first-order valence-electron chi connectivity index (χ1n) is 10.6. The molecule has 2 heterocycles. The van der Waals surface area contributed by atoms with Gasteiger partial charge in [0.25, 0.3) is 0 Å². The molecule has 7 nitrogen and oxygen atoms in total. The number of aryl methyl sites for hydroxylation is 1. The van der Waals surface area contributed by atoms with Gasteiger partial charge < -0.3 is 10.1 Å². The second-order valence-electron chi connectivity index (χ2n) is 8.21. The maximum absolute atomic E-state index is 11.5. The highest BCUT2D eigenvalue weighted by atomic mass is 32.2. The SMILES string of the molecule is COc1ccc(-c2cc(Nc3cccc4c3CCN(CCS(C)(=O)=O)C4)ccc2C)nn1. The van der Waals surface area contributed by atoms with E-state index in [0.29, 0.717) is 12.4 Å². The lowest BCUT2D eigenvalue weighted by Gasteiger charge is -2.30. The Morgan fingerprint density at radius 3 is 2.69 bits per heavy atom. The van der Waals surface area contributed by atoms with Crippen LogP contribution < -0.4 is 10.1 Å². The second-order valence-corrected chi connectivity index (χ2v) is 10.5. The third-order valence-corrected chi connectivity index (χ3v) is 6.69. The Morgan fingerprint density at radius 1 is 1.12 bits per heavy atom. The zero-order valence-corrected chi connectivity index (χ0v) is 19.4. The molecule has 1 aromatic heterocycles. The summed E-state index contributed by atoms with van der Waals surface area (Å²) >= 11 is 0. The van der Waals surface area contributed by atoms with Gasteiger partial charge in [0.15, 0.2) is 0 Å². The minimum absolute atomic E-state index is 0.195. The van der Waals surface area contributed by atoms with Gasteiger partial charge in [-0.2, -0.15) is 0 Å². The molecule has 0 bridgehead atoms. The highest BCUT2D eigenvalue weighted by Gasteiger charge is 2.20. The summed E-state index contributed by atoms with van der Waals surface area (Å²) in [6, 6.07) is 16.2. The van der Waals surface area contributed by atoms with E-state index < -0.39 is 9.84 Å². The molecule has 0 spiro atoms. The average Bonchev–Trinajstić information content (AvgIpc) is 2.78. The van der Waals surface area contributed by atoms with Crippen LogP contribution in [0.25, 0.3) is 11.3 Å². The van der Waals surface area contributed by atoms with Crippen LogP contribution in [-0.2, 0) is 22.8 Å². The number of benzene rings is 2. The van der Waals surface area contributed by atoms with E-state index in [1.807, 2.05) is 18.2 Å². The van der Waals surface area contributed by atoms with Crippen molar-refractivity contribution in [2.75, 3.05) is 37.5 Å². The molecule has 168 valence electrons. The lowest BCUT2D eigenvalue weighted by Crippen LogP contribution is -2.34. The van der Waals surface area contributed by atoms with Gasteiger partial charge >= 0.3 is 0 Å². The fourth-order valence-corrected chi connectivity index (χ4v) is 4.56. The molecule has 32 heavy (non-hydrogen) atoms. The van der Waals surface area contributed by atoms with Crippen LogP contribution in [0, 0.1) is 6.92 Å². The molecule has 4 rings (SSSR count). The highest BCUT2D eigenvalue weighted by molar-refractivity contribution is 7.90. The molecule has 0 amide bonds. The van der Waals surface area contributed by atoms with E-state index in [2.05, 4.69) is 57.7 Å². The van der Waals surface area contributed by atoms with E-state index in [-0.39, 0.29) is 5.75 Å². The van der Waals surface area contributed by atoms with Crippen LogP contribution in [0.15, 0.2) is 48.5 Å². The molecule has 0 saturated carbocycles. The van der Waals surface area contributed by atoms with E-state index in [0.717, 1.165) is 47.7 Å². The maximum atomic E-state index is 11.5.